The van der Waals surface area contributed by atoms with E-state index in [0.29, 0.717) is 12.6 Å². The van der Waals surface area contributed by atoms with E-state index in [0.717, 1.165) is 22.5 Å². The zero-order valence-electron chi connectivity index (χ0n) is 14.6. The number of nitrogens with two attached hydrogens (primary N) is 1. The summed E-state index contributed by atoms with van der Waals surface area (Å²) in [7, 11) is 0. The minimum atomic E-state index is -0.0602. The summed E-state index contributed by atoms with van der Waals surface area (Å²) in [6, 6.07) is 0.306. The molecule has 0 unspecified atom stereocenters. The van der Waals surface area contributed by atoms with Crippen LogP contribution in [-0.2, 0) is 0 Å². The zero-order valence-corrected chi connectivity index (χ0v) is 17.8. The van der Waals surface area contributed by atoms with Crippen LogP contribution in [0, 0.1) is 11.8 Å². The van der Waals surface area contributed by atoms with Gasteiger partial charge in [0.1, 0.15) is 0 Å². The third-order valence-electron chi connectivity index (χ3n) is 3.50. The van der Waals surface area contributed by atoms with Crippen LogP contribution < -0.4 is 5.73 Å². The lowest BCUT2D eigenvalue weighted by molar-refractivity contribution is 0.155. The van der Waals surface area contributed by atoms with E-state index in [9.17, 15) is 0 Å². The summed E-state index contributed by atoms with van der Waals surface area (Å²) in [5.41, 5.74) is 5.04. The first-order valence-corrected chi connectivity index (χ1v) is 10.4. The Hall–Kier alpha value is 0.800. The van der Waals surface area contributed by atoms with Gasteiger partial charge in [-0.3, -0.25) is 4.90 Å². The number of aliphatic hydroxyl groups excluding tert-OH is 2. The molecule has 22 heavy (non-hydrogen) atoms. The lowest BCUT2D eigenvalue weighted by Crippen LogP contribution is -2.33. The standard InChI is InChI=1S/C8H17NO.C5H10Br2.C3H9NO/c1-7-3-4-9(5-7)8(2)6-10;1-5(4-7)2-3-6;1-3(4)2-5/h7-8,10H,3-6H2,1-2H3;5H,2-4H2,1H3;3,5H,2,4H2,1H3/t7-,8-;5-;3-/m000/s1. The summed E-state index contributed by atoms with van der Waals surface area (Å²) >= 11 is 6.76. The third-order valence-corrected chi connectivity index (χ3v) is 5.06. The predicted molar refractivity (Wildman–Crippen MR) is 104 cm³/mol. The third kappa shape index (κ3) is 15.7. The molecule has 0 bridgehead atoms. The molecule has 1 aliphatic heterocycles. The van der Waals surface area contributed by atoms with E-state index < -0.39 is 0 Å². The van der Waals surface area contributed by atoms with E-state index in [2.05, 4.69) is 57.5 Å². The van der Waals surface area contributed by atoms with Crippen LogP contribution in [0.25, 0.3) is 0 Å². The summed E-state index contributed by atoms with van der Waals surface area (Å²) in [5.74, 6) is 1.65. The first-order chi connectivity index (χ1) is 10.3. The highest BCUT2D eigenvalue weighted by Gasteiger charge is 2.21. The van der Waals surface area contributed by atoms with Crippen LogP contribution in [0.3, 0.4) is 0 Å². The van der Waals surface area contributed by atoms with Crippen LogP contribution in [0.15, 0.2) is 0 Å². The van der Waals surface area contributed by atoms with E-state index in [1.807, 2.05) is 0 Å². The molecule has 1 rings (SSSR count). The Kier molecular flexibility index (Phi) is 19.0. The molecular weight excluding hydrogens is 412 g/mol. The van der Waals surface area contributed by atoms with Gasteiger partial charge >= 0.3 is 0 Å². The maximum atomic E-state index is 8.84. The van der Waals surface area contributed by atoms with Gasteiger partial charge in [-0.25, -0.2) is 0 Å². The number of halogens is 2. The molecule has 1 aliphatic rings. The molecule has 0 aromatic heterocycles. The molecule has 0 spiro atoms. The fraction of sp³-hybridized carbons (Fsp3) is 1.00. The Labute approximate surface area is 154 Å². The van der Waals surface area contributed by atoms with Crippen molar-refractivity contribution in [2.45, 2.75) is 52.6 Å². The van der Waals surface area contributed by atoms with E-state index in [-0.39, 0.29) is 12.6 Å². The molecule has 1 fully saturated rings. The van der Waals surface area contributed by atoms with Gasteiger partial charge in [0.2, 0.25) is 0 Å². The number of alkyl halides is 2. The molecule has 4 N–H and O–H groups in total. The average Bonchev–Trinajstić information content (AvgIpc) is 2.94. The van der Waals surface area contributed by atoms with Crippen LogP contribution in [0.1, 0.15) is 40.5 Å². The number of hydrogen-bond donors (Lipinski definition) is 3. The molecule has 1 heterocycles. The fourth-order valence-corrected chi connectivity index (χ4v) is 2.85. The largest absolute Gasteiger partial charge is 0.395 e. The maximum Gasteiger partial charge on any atom is 0.0584 e. The quantitative estimate of drug-likeness (QED) is 0.547. The molecule has 0 aliphatic carbocycles. The second-order valence-corrected chi connectivity index (χ2v) is 7.76. The number of rotatable bonds is 6. The predicted octanol–water partition coefficient (Wildman–Crippen LogP) is 2.84. The number of nitrogens with zero attached hydrogens (tertiary/aromatic N) is 1. The summed E-state index contributed by atoms with van der Waals surface area (Å²) in [6.07, 6.45) is 2.57. The SMILES string of the molecule is C[C@H](CBr)CCBr.C[C@H](N)CO.C[C@H]1CCN([C@@H](C)CO)C1. The van der Waals surface area contributed by atoms with Crippen LogP contribution in [-0.4, -0.2) is 64.2 Å². The Morgan fingerprint density at radius 3 is 1.95 bits per heavy atom. The molecular formula is C16H36Br2N2O2. The topological polar surface area (TPSA) is 69.7 Å². The van der Waals surface area contributed by atoms with Gasteiger partial charge in [0.05, 0.1) is 13.2 Å². The molecule has 6 heteroatoms. The molecule has 4 atom stereocenters. The van der Waals surface area contributed by atoms with E-state index in [1.54, 1.807) is 6.92 Å². The molecule has 0 amide bonds. The smallest absolute Gasteiger partial charge is 0.0584 e. The molecule has 0 saturated carbocycles. The van der Waals surface area contributed by atoms with Gasteiger partial charge < -0.3 is 15.9 Å². The molecule has 0 radical (unpaired) electrons. The Morgan fingerprint density at radius 2 is 1.73 bits per heavy atom. The first kappa shape index (κ1) is 25.0. The molecule has 136 valence electrons. The highest BCUT2D eigenvalue weighted by atomic mass is 79.9. The summed E-state index contributed by atoms with van der Waals surface area (Å²) in [4.78, 5) is 2.35. The number of aliphatic hydroxyl groups is 2. The van der Waals surface area contributed by atoms with Gasteiger partial charge in [-0.1, -0.05) is 45.7 Å². The summed E-state index contributed by atoms with van der Waals surface area (Å²) in [6.45, 7) is 11.1. The highest BCUT2D eigenvalue weighted by molar-refractivity contribution is 9.09. The maximum absolute atomic E-state index is 8.84. The van der Waals surface area contributed by atoms with Gasteiger partial charge in [0, 0.05) is 29.3 Å². The number of hydrogen-bond acceptors (Lipinski definition) is 4. The fourth-order valence-electron chi connectivity index (χ4n) is 1.75. The van der Waals surface area contributed by atoms with Gasteiger partial charge in [0.25, 0.3) is 0 Å². The van der Waals surface area contributed by atoms with Gasteiger partial charge in [0.15, 0.2) is 0 Å². The average molecular weight is 448 g/mol. The first-order valence-electron chi connectivity index (χ1n) is 8.15. The van der Waals surface area contributed by atoms with Crippen molar-refractivity contribution in [1.82, 2.24) is 4.90 Å². The minimum absolute atomic E-state index is 0.0602. The van der Waals surface area contributed by atoms with Crippen LogP contribution in [0.2, 0.25) is 0 Å². The second-order valence-electron chi connectivity index (χ2n) is 6.32. The normalized spacial score (nSPS) is 22.0. The molecule has 0 aromatic rings. The Morgan fingerprint density at radius 1 is 1.18 bits per heavy atom. The van der Waals surface area contributed by atoms with E-state index >= 15 is 0 Å². The monoisotopic (exact) mass is 446 g/mol. The number of likely N-dealkylation sites (tertiary alicyclic amines) is 1. The molecule has 1 saturated heterocycles. The van der Waals surface area contributed by atoms with Crippen molar-refractivity contribution in [3.05, 3.63) is 0 Å². The van der Waals surface area contributed by atoms with Crippen LogP contribution in [0.5, 0.6) is 0 Å². The van der Waals surface area contributed by atoms with Crippen molar-refractivity contribution in [3.8, 4) is 0 Å². The van der Waals surface area contributed by atoms with Crippen molar-refractivity contribution in [1.29, 1.82) is 0 Å². The minimum Gasteiger partial charge on any atom is -0.395 e. The Balaban J connectivity index is 0. The lowest BCUT2D eigenvalue weighted by atomic mass is 10.2. The summed E-state index contributed by atoms with van der Waals surface area (Å²) in [5, 5.41) is 19.1. The Bertz CT molecular complexity index is 234. The van der Waals surface area contributed by atoms with E-state index in [4.69, 9.17) is 15.9 Å². The van der Waals surface area contributed by atoms with Gasteiger partial charge in [-0.2, -0.15) is 0 Å². The van der Waals surface area contributed by atoms with Crippen LogP contribution >= 0.6 is 31.9 Å². The van der Waals surface area contributed by atoms with Crippen molar-refractivity contribution in [2.24, 2.45) is 17.6 Å². The van der Waals surface area contributed by atoms with Crippen LogP contribution in [0.4, 0.5) is 0 Å². The van der Waals surface area contributed by atoms with Crippen molar-refractivity contribution >= 4 is 31.9 Å². The second kappa shape index (κ2) is 16.7. The van der Waals surface area contributed by atoms with Crippen molar-refractivity contribution in [3.63, 3.8) is 0 Å². The lowest BCUT2D eigenvalue weighted by Gasteiger charge is -2.21. The summed E-state index contributed by atoms with van der Waals surface area (Å²) < 4.78 is 0. The van der Waals surface area contributed by atoms with E-state index in [1.165, 1.54) is 25.9 Å². The molecule has 0 aromatic carbocycles. The zero-order chi connectivity index (χ0) is 17.5. The highest BCUT2D eigenvalue weighted by Crippen LogP contribution is 2.16. The molecule has 4 nitrogen and oxygen atoms in total. The van der Waals surface area contributed by atoms with Crippen molar-refractivity contribution < 1.29 is 10.2 Å². The van der Waals surface area contributed by atoms with Gasteiger partial charge in [-0.05, 0) is 45.1 Å². The van der Waals surface area contributed by atoms with Gasteiger partial charge in [-0.15, -0.1) is 0 Å². The van der Waals surface area contributed by atoms with Crippen molar-refractivity contribution in [2.75, 3.05) is 37.0 Å².